The second-order valence-corrected chi connectivity index (χ2v) is 5.54. The molecule has 1 rings (SSSR count). The third-order valence-electron chi connectivity index (χ3n) is 3.34. The third kappa shape index (κ3) is 6.98. The van der Waals surface area contributed by atoms with Gasteiger partial charge in [-0.3, -0.25) is 0 Å². The Morgan fingerprint density at radius 2 is 1.84 bits per heavy atom. The Balaban J connectivity index is 2.06. The van der Waals surface area contributed by atoms with E-state index in [0.29, 0.717) is 0 Å². The molecule has 19 heavy (non-hydrogen) atoms. The van der Waals surface area contributed by atoms with Gasteiger partial charge in [0.1, 0.15) is 0 Å². The summed E-state index contributed by atoms with van der Waals surface area (Å²) < 4.78 is 0. The highest BCUT2D eigenvalue weighted by Crippen LogP contribution is 2.09. The maximum Gasteiger partial charge on any atom is 0.0995 e. The second-order valence-electron chi connectivity index (χ2n) is 5.54. The van der Waals surface area contributed by atoms with Gasteiger partial charge >= 0.3 is 0 Å². The van der Waals surface area contributed by atoms with E-state index in [1.165, 1.54) is 32.1 Å². The number of unbranched alkanes of at least 4 members (excludes halogenated alkanes) is 3. The summed E-state index contributed by atoms with van der Waals surface area (Å²) in [6.07, 6.45) is 6.58. The van der Waals surface area contributed by atoms with E-state index in [4.69, 9.17) is 5.26 Å². The number of nitrogens with one attached hydrogen (secondary N) is 1. The molecular formula is C17H26N2. The van der Waals surface area contributed by atoms with E-state index < -0.39 is 0 Å². The highest BCUT2D eigenvalue weighted by Gasteiger charge is 1.99. The quantitative estimate of drug-likeness (QED) is 0.672. The van der Waals surface area contributed by atoms with Crippen molar-refractivity contribution in [3.05, 3.63) is 35.4 Å². The maximum absolute atomic E-state index is 8.99. The molecule has 0 atom stereocenters. The fraction of sp³-hybridized carbons (Fsp3) is 0.588. The lowest BCUT2D eigenvalue weighted by Gasteiger charge is -2.07. The van der Waals surface area contributed by atoms with Crippen LogP contribution in [0.2, 0.25) is 0 Å². The number of hydrogen-bond acceptors (Lipinski definition) is 2. The van der Waals surface area contributed by atoms with Crippen LogP contribution in [-0.2, 0) is 6.54 Å². The first-order valence-corrected chi connectivity index (χ1v) is 7.42. The molecule has 0 aliphatic carbocycles. The average molecular weight is 258 g/mol. The molecule has 0 unspecified atom stereocenters. The van der Waals surface area contributed by atoms with E-state index in [9.17, 15) is 0 Å². The molecule has 0 fully saturated rings. The molecule has 0 saturated heterocycles. The molecule has 0 bridgehead atoms. The summed E-state index contributed by atoms with van der Waals surface area (Å²) in [4.78, 5) is 0. The smallest absolute Gasteiger partial charge is 0.0995 e. The Kier molecular flexibility index (Phi) is 7.93. The summed E-state index contributed by atoms with van der Waals surface area (Å²) in [7, 11) is 0. The van der Waals surface area contributed by atoms with Gasteiger partial charge in [-0.2, -0.15) is 5.26 Å². The Morgan fingerprint density at radius 1 is 1.11 bits per heavy atom. The molecular weight excluding hydrogens is 232 g/mol. The lowest BCUT2D eigenvalue weighted by Crippen LogP contribution is -2.15. The molecule has 1 aromatic carbocycles. The topological polar surface area (TPSA) is 35.8 Å². The zero-order valence-electron chi connectivity index (χ0n) is 12.3. The van der Waals surface area contributed by atoms with E-state index >= 15 is 0 Å². The summed E-state index contributed by atoms with van der Waals surface area (Å²) in [6.45, 7) is 6.42. The van der Waals surface area contributed by atoms with Crippen LogP contribution in [0, 0.1) is 17.2 Å². The van der Waals surface area contributed by atoms with Gasteiger partial charge in [0.2, 0.25) is 0 Å². The number of benzene rings is 1. The Morgan fingerprint density at radius 3 is 2.58 bits per heavy atom. The summed E-state index contributed by atoms with van der Waals surface area (Å²) in [5.41, 5.74) is 1.89. The number of rotatable bonds is 9. The van der Waals surface area contributed by atoms with Gasteiger partial charge in [-0.1, -0.05) is 57.7 Å². The van der Waals surface area contributed by atoms with Crippen LogP contribution in [0.1, 0.15) is 57.1 Å². The molecule has 104 valence electrons. The minimum absolute atomic E-state index is 0.784. The fourth-order valence-electron chi connectivity index (χ4n) is 2.16. The third-order valence-corrected chi connectivity index (χ3v) is 3.34. The van der Waals surface area contributed by atoms with Gasteiger partial charge in [0.25, 0.3) is 0 Å². The van der Waals surface area contributed by atoms with Gasteiger partial charge in [0, 0.05) is 6.54 Å². The first-order chi connectivity index (χ1) is 9.24. The predicted octanol–water partition coefficient (Wildman–Crippen LogP) is 4.25. The first-order valence-electron chi connectivity index (χ1n) is 7.42. The zero-order chi connectivity index (χ0) is 13.9. The summed E-state index contributed by atoms with van der Waals surface area (Å²) in [5.74, 6) is 0.834. The Labute approximate surface area is 117 Å². The first kappa shape index (κ1) is 15.7. The van der Waals surface area contributed by atoms with Gasteiger partial charge in [0.05, 0.1) is 11.6 Å². The second kappa shape index (κ2) is 9.58. The molecule has 2 heteroatoms. The summed E-state index contributed by atoms with van der Waals surface area (Å²) >= 11 is 0. The van der Waals surface area contributed by atoms with Gasteiger partial charge in [-0.25, -0.2) is 0 Å². The van der Waals surface area contributed by atoms with Crippen molar-refractivity contribution < 1.29 is 0 Å². The van der Waals surface area contributed by atoms with Crippen LogP contribution in [0.15, 0.2) is 24.3 Å². The number of nitrogens with zero attached hydrogens (tertiary/aromatic N) is 1. The monoisotopic (exact) mass is 258 g/mol. The highest BCUT2D eigenvalue weighted by molar-refractivity contribution is 5.37. The lowest BCUT2D eigenvalue weighted by atomic mass is 10.0. The van der Waals surface area contributed by atoms with Crippen LogP contribution in [-0.4, -0.2) is 6.54 Å². The van der Waals surface area contributed by atoms with E-state index in [-0.39, 0.29) is 0 Å². The Hall–Kier alpha value is -1.33. The molecule has 0 amide bonds. The van der Waals surface area contributed by atoms with Crippen molar-refractivity contribution in [2.24, 2.45) is 5.92 Å². The van der Waals surface area contributed by atoms with Crippen molar-refractivity contribution in [3.63, 3.8) is 0 Å². The van der Waals surface area contributed by atoms with E-state index in [0.717, 1.165) is 30.1 Å². The van der Waals surface area contributed by atoms with Crippen molar-refractivity contribution in [3.8, 4) is 6.07 Å². The van der Waals surface area contributed by atoms with Gasteiger partial charge in [-0.05, 0) is 30.5 Å². The minimum Gasteiger partial charge on any atom is -0.313 e. The van der Waals surface area contributed by atoms with Crippen molar-refractivity contribution in [1.29, 1.82) is 5.26 Å². The van der Waals surface area contributed by atoms with Crippen molar-refractivity contribution in [2.75, 3.05) is 6.54 Å². The fourth-order valence-corrected chi connectivity index (χ4v) is 2.16. The molecule has 0 radical (unpaired) electrons. The Bertz CT molecular complexity index is 390. The number of hydrogen-bond donors (Lipinski definition) is 1. The SMILES string of the molecule is CC(C)CCCCCCNCc1ccccc1C#N. The van der Waals surface area contributed by atoms with Gasteiger partial charge < -0.3 is 5.32 Å². The summed E-state index contributed by atoms with van der Waals surface area (Å²) in [6, 6.07) is 10.0. The largest absolute Gasteiger partial charge is 0.313 e. The number of nitriles is 1. The molecule has 0 aromatic heterocycles. The van der Waals surface area contributed by atoms with Crippen LogP contribution in [0.3, 0.4) is 0 Å². The molecule has 1 aromatic rings. The zero-order valence-corrected chi connectivity index (χ0v) is 12.3. The summed E-state index contributed by atoms with van der Waals surface area (Å²) in [5, 5.41) is 12.4. The molecule has 0 spiro atoms. The van der Waals surface area contributed by atoms with Crippen LogP contribution in [0.4, 0.5) is 0 Å². The molecule has 0 aliphatic heterocycles. The van der Waals surface area contributed by atoms with E-state index in [1.54, 1.807) is 0 Å². The normalized spacial score (nSPS) is 10.6. The standard InChI is InChI=1S/C17H26N2/c1-15(2)9-5-3-4-8-12-19-14-17-11-7-6-10-16(17)13-18/h6-7,10-11,15,19H,3-5,8-9,12,14H2,1-2H3. The highest BCUT2D eigenvalue weighted by atomic mass is 14.8. The molecule has 1 N–H and O–H groups in total. The maximum atomic E-state index is 8.99. The molecule has 0 saturated carbocycles. The van der Waals surface area contributed by atoms with E-state index in [1.807, 2.05) is 24.3 Å². The molecule has 0 heterocycles. The van der Waals surface area contributed by atoms with Crippen LogP contribution in [0.5, 0.6) is 0 Å². The van der Waals surface area contributed by atoms with Gasteiger partial charge in [-0.15, -0.1) is 0 Å². The van der Waals surface area contributed by atoms with Crippen LogP contribution < -0.4 is 5.32 Å². The molecule has 0 aliphatic rings. The molecule has 2 nitrogen and oxygen atoms in total. The van der Waals surface area contributed by atoms with Crippen LogP contribution in [0.25, 0.3) is 0 Å². The lowest BCUT2D eigenvalue weighted by molar-refractivity contribution is 0.512. The van der Waals surface area contributed by atoms with Crippen molar-refractivity contribution >= 4 is 0 Å². The van der Waals surface area contributed by atoms with E-state index in [2.05, 4.69) is 25.2 Å². The average Bonchev–Trinajstić information content (AvgIpc) is 2.42. The predicted molar refractivity (Wildman–Crippen MR) is 80.8 cm³/mol. The van der Waals surface area contributed by atoms with Gasteiger partial charge in [0.15, 0.2) is 0 Å². The van der Waals surface area contributed by atoms with Crippen molar-refractivity contribution in [1.82, 2.24) is 5.32 Å². The minimum atomic E-state index is 0.784. The van der Waals surface area contributed by atoms with Crippen molar-refractivity contribution in [2.45, 2.75) is 52.5 Å². The van der Waals surface area contributed by atoms with Crippen LogP contribution >= 0.6 is 0 Å².